The summed E-state index contributed by atoms with van der Waals surface area (Å²) in [4.78, 5) is 0. The van der Waals surface area contributed by atoms with Crippen molar-refractivity contribution in [1.29, 1.82) is 0 Å². The van der Waals surface area contributed by atoms with Crippen LogP contribution in [0.3, 0.4) is 0 Å². The van der Waals surface area contributed by atoms with Crippen molar-refractivity contribution < 1.29 is 4.42 Å². The van der Waals surface area contributed by atoms with Crippen molar-refractivity contribution in [3.8, 4) is 0 Å². The number of nitrogen functional groups attached to an aromatic ring is 1. The number of halogens is 1. The van der Waals surface area contributed by atoms with E-state index < -0.39 is 0 Å². The Balaban J connectivity index is 3.04. The van der Waals surface area contributed by atoms with Gasteiger partial charge in [-0.25, -0.2) is 0 Å². The first kappa shape index (κ1) is 4.96. The summed E-state index contributed by atoms with van der Waals surface area (Å²) >= 11 is 2.05. The monoisotopic (exact) mass is 209 g/mol. The Morgan fingerprint density at radius 3 is 2.43 bits per heavy atom. The van der Waals surface area contributed by atoms with Crippen LogP contribution in [0.5, 0.6) is 0 Å². The summed E-state index contributed by atoms with van der Waals surface area (Å²) < 4.78 is 5.68. The zero-order chi connectivity index (χ0) is 5.28. The molecular formula is C4H4INO. The number of rotatable bonds is 0. The van der Waals surface area contributed by atoms with Gasteiger partial charge in [0, 0.05) is 6.07 Å². The number of anilines is 1. The van der Waals surface area contributed by atoms with E-state index in [4.69, 9.17) is 10.2 Å². The van der Waals surface area contributed by atoms with Crippen LogP contribution in [0.15, 0.2) is 16.5 Å². The fraction of sp³-hybridized carbons (Fsp3) is 0. The maximum atomic E-state index is 5.21. The summed E-state index contributed by atoms with van der Waals surface area (Å²) in [5.74, 6) is 0.476. The third kappa shape index (κ3) is 1.09. The number of hydrogen-bond acceptors (Lipinski definition) is 2. The quantitative estimate of drug-likeness (QED) is 0.657. The Morgan fingerprint density at radius 1 is 1.57 bits per heavy atom. The molecule has 0 saturated carbocycles. The highest BCUT2D eigenvalue weighted by Crippen LogP contribution is 2.10. The average molecular weight is 209 g/mol. The Morgan fingerprint density at radius 2 is 2.29 bits per heavy atom. The standard InChI is InChI=1S/C4H4INO/c5-3-1-2-4(6)7-3/h1-2H,6H2. The molecule has 2 nitrogen and oxygen atoms in total. The van der Waals surface area contributed by atoms with Crippen LogP contribution in [-0.2, 0) is 0 Å². The van der Waals surface area contributed by atoms with Gasteiger partial charge in [0.2, 0.25) is 0 Å². The molecule has 0 aromatic carbocycles. The molecule has 1 aromatic rings. The zero-order valence-corrected chi connectivity index (χ0v) is 5.68. The summed E-state index contributed by atoms with van der Waals surface area (Å²) in [6, 6.07) is 3.54. The van der Waals surface area contributed by atoms with E-state index in [9.17, 15) is 0 Å². The minimum absolute atomic E-state index is 0.476. The molecule has 0 radical (unpaired) electrons. The summed E-state index contributed by atoms with van der Waals surface area (Å²) in [5, 5.41) is 0. The van der Waals surface area contributed by atoms with Crippen LogP contribution in [0, 0.1) is 3.77 Å². The Hall–Kier alpha value is -0.190. The van der Waals surface area contributed by atoms with Crippen LogP contribution in [-0.4, -0.2) is 0 Å². The van der Waals surface area contributed by atoms with E-state index in [2.05, 4.69) is 22.6 Å². The van der Waals surface area contributed by atoms with Crippen LogP contribution in [0.4, 0.5) is 5.88 Å². The third-order valence-corrected chi connectivity index (χ3v) is 1.17. The molecule has 0 atom stereocenters. The lowest BCUT2D eigenvalue weighted by atomic mass is 10.6. The second-order valence-corrected chi connectivity index (χ2v) is 2.21. The molecule has 0 bridgehead atoms. The molecule has 0 saturated heterocycles. The van der Waals surface area contributed by atoms with Crippen LogP contribution < -0.4 is 5.73 Å². The van der Waals surface area contributed by atoms with Crippen LogP contribution in [0.1, 0.15) is 0 Å². The first-order chi connectivity index (χ1) is 3.29. The van der Waals surface area contributed by atoms with Gasteiger partial charge in [-0.15, -0.1) is 0 Å². The lowest BCUT2D eigenvalue weighted by Crippen LogP contribution is -1.75. The number of hydrogen-bond donors (Lipinski definition) is 1. The summed E-state index contributed by atoms with van der Waals surface area (Å²) in [6.07, 6.45) is 0. The average Bonchev–Trinajstić information content (AvgIpc) is 1.87. The van der Waals surface area contributed by atoms with Crippen molar-refractivity contribution in [2.24, 2.45) is 0 Å². The third-order valence-electron chi connectivity index (χ3n) is 0.594. The van der Waals surface area contributed by atoms with Gasteiger partial charge in [0.25, 0.3) is 0 Å². The fourth-order valence-corrected chi connectivity index (χ4v) is 0.762. The molecule has 0 aliphatic carbocycles. The number of furan rings is 1. The molecule has 7 heavy (non-hydrogen) atoms. The van der Waals surface area contributed by atoms with Gasteiger partial charge in [0.1, 0.15) is 0 Å². The van der Waals surface area contributed by atoms with Crippen molar-refractivity contribution in [1.82, 2.24) is 0 Å². The zero-order valence-electron chi connectivity index (χ0n) is 3.52. The second kappa shape index (κ2) is 1.73. The molecule has 0 aliphatic rings. The molecule has 1 heterocycles. The minimum Gasteiger partial charge on any atom is -0.435 e. The van der Waals surface area contributed by atoms with Gasteiger partial charge in [0.15, 0.2) is 9.65 Å². The van der Waals surface area contributed by atoms with Gasteiger partial charge in [-0.2, -0.15) is 0 Å². The van der Waals surface area contributed by atoms with Gasteiger partial charge in [-0.1, -0.05) is 0 Å². The Bertz CT molecular complexity index is 144. The molecule has 1 aromatic heterocycles. The second-order valence-electron chi connectivity index (χ2n) is 1.14. The largest absolute Gasteiger partial charge is 0.435 e. The lowest BCUT2D eigenvalue weighted by Gasteiger charge is -1.75. The van der Waals surface area contributed by atoms with Crippen LogP contribution >= 0.6 is 22.6 Å². The van der Waals surface area contributed by atoms with Crippen molar-refractivity contribution >= 4 is 28.5 Å². The molecule has 0 unspecified atom stereocenters. The van der Waals surface area contributed by atoms with Crippen molar-refractivity contribution in [2.45, 2.75) is 0 Å². The van der Waals surface area contributed by atoms with Crippen LogP contribution in [0.2, 0.25) is 0 Å². The van der Waals surface area contributed by atoms with E-state index in [1.54, 1.807) is 6.07 Å². The van der Waals surface area contributed by atoms with Crippen molar-refractivity contribution in [3.05, 3.63) is 15.9 Å². The highest BCUT2D eigenvalue weighted by molar-refractivity contribution is 14.1. The highest BCUT2D eigenvalue weighted by Gasteiger charge is 1.88. The molecule has 1 rings (SSSR count). The normalized spacial score (nSPS) is 9.29. The maximum absolute atomic E-state index is 5.21. The Labute approximate surface area is 54.8 Å². The first-order valence-corrected chi connectivity index (χ1v) is 2.88. The SMILES string of the molecule is Nc1ccc(I)o1. The van der Waals surface area contributed by atoms with Crippen LogP contribution in [0.25, 0.3) is 0 Å². The fourth-order valence-electron chi connectivity index (χ4n) is 0.328. The number of nitrogens with two attached hydrogens (primary N) is 1. The van der Waals surface area contributed by atoms with Crippen molar-refractivity contribution in [3.63, 3.8) is 0 Å². The maximum Gasteiger partial charge on any atom is 0.191 e. The molecule has 0 spiro atoms. The van der Waals surface area contributed by atoms with Gasteiger partial charge < -0.3 is 10.2 Å². The molecular weight excluding hydrogens is 205 g/mol. The molecule has 0 fully saturated rings. The van der Waals surface area contributed by atoms with E-state index in [1.807, 2.05) is 6.07 Å². The molecule has 0 aliphatic heterocycles. The van der Waals surface area contributed by atoms with E-state index in [1.165, 1.54) is 0 Å². The lowest BCUT2D eigenvalue weighted by molar-refractivity contribution is 0.558. The summed E-state index contributed by atoms with van der Waals surface area (Å²) in [6.45, 7) is 0. The van der Waals surface area contributed by atoms with E-state index in [0.717, 1.165) is 3.77 Å². The molecule has 2 N–H and O–H groups in total. The summed E-state index contributed by atoms with van der Waals surface area (Å²) in [5.41, 5.74) is 5.21. The van der Waals surface area contributed by atoms with Gasteiger partial charge in [-0.3, -0.25) is 0 Å². The van der Waals surface area contributed by atoms with E-state index in [-0.39, 0.29) is 0 Å². The van der Waals surface area contributed by atoms with E-state index in [0.29, 0.717) is 5.88 Å². The highest BCUT2D eigenvalue weighted by atomic mass is 127. The van der Waals surface area contributed by atoms with Crippen molar-refractivity contribution in [2.75, 3.05) is 5.73 Å². The topological polar surface area (TPSA) is 39.2 Å². The van der Waals surface area contributed by atoms with E-state index >= 15 is 0 Å². The minimum atomic E-state index is 0.476. The predicted octanol–water partition coefficient (Wildman–Crippen LogP) is 1.47. The Kier molecular flexibility index (Phi) is 1.23. The predicted molar refractivity (Wildman–Crippen MR) is 35.8 cm³/mol. The summed E-state index contributed by atoms with van der Waals surface area (Å²) in [7, 11) is 0. The van der Waals surface area contributed by atoms with Gasteiger partial charge in [0.05, 0.1) is 0 Å². The molecule has 0 amide bonds. The molecule has 3 heteroatoms. The first-order valence-electron chi connectivity index (χ1n) is 1.80. The van der Waals surface area contributed by atoms with Gasteiger partial charge >= 0.3 is 0 Å². The smallest absolute Gasteiger partial charge is 0.191 e. The van der Waals surface area contributed by atoms with Gasteiger partial charge in [-0.05, 0) is 28.7 Å². The molecule has 38 valence electrons.